The number of carbonyl (C=O) groups excluding carboxylic acids is 2. The summed E-state index contributed by atoms with van der Waals surface area (Å²) >= 11 is 0. The molecule has 2 saturated heterocycles. The maximum Gasteiger partial charge on any atom is 0.260 e. The molecular weight excluding hydrogens is 306 g/mol. The summed E-state index contributed by atoms with van der Waals surface area (Å²) in [4.78, 5) is 28.0. The molecule has 0 aliphatic carbocycles. The second kappa shape index (κ2) is 7.21. The van der Waals surface area contributed by atoms with E-state index in [1.165, 1.54) is 12.8 Å². The quantitative estimate of drug-likeness (QED) is 0.881. The minimum atomic E-state index is -0.474. The highest BCUT2D eigenvalue weighted by atomic mass is 16.5. The summed E-state index contributed by atoms with van der Waals surface area (Å²) in [5.74, 6) is 0.136. The number of likely N-dealkylation sites (tertiary alicyclic amines) is 2. The van der Waals surface area contributed by atoms with Crippen molar-refractivity contribution in [2.75, 3.05) is 26.7 Å². The average Bonchev–Trinajstić information content (AvgIpc) is 3.21. The molecule has 6 nitrogen and oxygen atoms in total. The molecule has 0 aromatic heterocycles. The number of carbonyl (C=O) groups is 2. The number of likely N-dealkylation sites (N-methyl/N-ethyl adjacent to an activating group) is 1. The molecule has 6 heteroatoms. The van der Waals surface area contributed by atoms with Crippen molar-refractivity contribution in [3.63, 3.8) is 0 Å². The fourth-order valence-electron chi connectivity index (χ4n) is 3.87. The molecule has 0 unspecified atom stereocenters. The van der Waals surface area contributed by atoms with E-state index in [1.807, 2.05) is 4.90 Å². The Morgan fingerprint density at radius 3 is 2.42 bits per heavy atom. The monoisotopic (exact) mass is 331 g/mol. The van der Waals surface area contributed by atoms with Gasteiger partial charge in [0.1, 0.15) is 5.75 Å². The molecule has 1 aromatic carbocycles. The van der Waals surface area contributed by atoms with Gasteiger partial charge in [-0.2, -0.15) is 0 Å². The third-order valence-corrected chi connectivity index (χ3v) is 5.14. The summed E-state index contributed by atoms with van der Waals surface area (Å²) in [6, 6.07) is 7.33. The van der Waals surface area contributed by atoms with Gasteiger partial charge in [-0.05, 0) is 63.5 Å². The smallest absolute Gasteiger partial charge is 0.260 e. The van der Waals surface area contributed by atoms with Crippen LogP contribution in [0.3, 0.4) is 0 Å². The molecule has 2 aliphatic rings. The van der Waals surface area contributed by atoms with Crippen molar-refractivity contribution >= 4 is 11.8 Å². The number of primary amides is 1. The molecule has 24 heavy (non-hydrogen) atoms. The van der Waals surface area contributed by atoms with Gasteiger partial charge in [-0.3, -0.25) is 9.59 Å². The molecule has 2 aliphatic heterocycles. The lowest BCUT2D eigenvalue weighted by Crippen LogP contribution is -2.48. The molecule has 3 rings (SSSR count). The zero-order valence-corrected chi connectivity index (χ0v) is 14.1. The van der Waals surface area contributed by atoms with Crippen LogP contribution in [0.1, 0.15) is 36.0 Å². The molecule has 130 valence electrons. The average molecular weight is 331 g/mol. The number of hydrogen-bond acceptors (Lipinski definition) is 4. The summed E-state index contributed by atoms with van der Waals surface area (Å²) in [7, 11) is 2.15. The second-order valence-electron chi connectivity index (χ2n) is 6.66. The summed E-state index contributed by atoms with van der Waals surface area (Å²) in [5.41, 5.74) is 5.64. The van der Waals surface area contributed by atoms with Crippen molar-refractivity contribution in [1.29, 1.82) is 0 Å². The molecule has 2 atom stereocenters. The van der Waals surface area contributed by atoms with E-state index in [0.717, 1.165) is 25.9 Å². The minimum Gasteiger partial charge on any atom is -0.484 e. The largest absolute Gasteiger partial charge is 0.484 e. The Hall–Kier alpha value is -2.08. The van der Waals surface area contributed by atoms with Gasteiger partial charge in [-0.25, -0.2) is 0 Å². The molecule has 0 radical (unpaired) electrons. The van der Waals surface area contributed by atoms with Gasteiger partial charge in [0.15, 0.2) is 6.61 Å². The first-order chi connectivity index (χ1) is 11.6. The molecular formula is C18H25N3O3. The number of hydrogen-bond donors (Lipinski definition) is 1. The van der Waals surface area contributed by atoms with Crippen LogP contribution < -0.4 is 10.5 Å². The first-order valence-corrected chi connectivity index (χ1v) is 8.58. The molecule has 0 spiro atoms. The molecule has 2 heterocycles. The molecule has 0 bridgehead atoms. The summed E-state index contributed by atoms with van der Waals surface area (Å²) in [6.07, 6.45) is 4.52. The highest BCUT2D eigenvalue weighted by Crippen LogP contribution is 2.29. The second-order valence-corrected chi connectivity index (χ2v) is 6.66. The zero-order chi connectivity index (χ0) is 17.1. The summed E-state index contributed by atoms with van der Waals surface area (Å²) in [6.45, 7) is 1.96. The highest BCUT2D eigenvalue weighted by Gasteiger charge is 2.38. The van der Waals surface area contributed by atoms with Crippen molar-refractivity contribution in [3.8, 4) is 5.75 Å². The van der Waals surface area contributed by atoms with Crippen LogP contribution in [0.4, 0.5) is 0 Å². The first kappa shape index (κ1) is 16.8. The standard InChI is InChI=1S/C18H25N3O3/c1-20-10-2-4-15(20)16-5-3-11-21(16)17(22)12-24-14-8-6-13(7-9-14)18(19)23/h6-9,15-16H,2-5,10-12H2,1H3,(H2,19,23)/t15-,16-/m1/s1. The van der Waals surface area contributed by atoms with Gasteiger partial charge in [0.25, 0.3) is 5.91 Å². The van der Waals surface area contributed by atoms with Crippen LogP contribution in [0.25, 0.3) is 0 Å². The maximum atomic E-state index is 12.6. The number of nitrogens with two attached hydrogens (primary N) is 1. The van der Waals surface area contributed by atoms with Crippen molar-refractivity contribution < 1.29 is 14.3 Å². The summed E-state index contributed by atoms with van der Waals surface area (Å²) in [5, 5.41) is 0. The van der Waals surface area contributed by atoms with E-state index >= 15 is 0 Å². The Morgan fingerprint density at radius 2 is 1.79 bits per heavy atom. The fraction of sp³-hybridized carbons (Fsp3) is 0.556. The fourth-order valence-corrected chi connectivity index (χ4v) is 3.87. The molecule has 0 saturated carbocycles. The number of ether oxygens (including phenoxy) is 1. The van der Waals surface area contributed by atoms with Gasteiger partial charge in [0, 0.05) is 24.2 Å². The Kier molecular flexibility index (Phi) is 5.04. The Morgan fingerprint density at radius 1 is 1.12 bits per heavy atom. The van der Waals surface area contributed by atoms with E-state index in [9.17, 15) is 9.59 Å². The van der Waals surface area contributed by atoms with Crippen LogP contribution in [0.15, 0.2) is 24.3 Å². The van der Waals surface area contributed by atoms with E-state index in [-0.39, 0.29) is 12.5 Å². The normalized spacial score (nSPS) is 24.3. The topological polar surface area (TPSA) is 75.9 Å². The van der Waals surface area contributed by atoms with Gasteiger partial charge in [-0.1, -0.05) is 0 Å². The van der Waals surface area contributed by atoms with Crippen LogP contribution >= 0.6 is 0 Å². The van der Waals surface area contributed by atoms with Crippen molar-refractivity contribution in [2.45, 2.75) is 37.8 Å². The maximum absolute atomic E-state index is 12.6. The lowest BCUT2D eigenvalue weighted by molar-refractivity contribution is -0.135. The van der Waals surface area contributed by atoms with E-state index in [0.29, 0.717) is 23.4 Å². The minimum absolute atomic E-state index is 0.0306. The van der Waals surface area contributed by atoms with Crippen LogP contribution in [-0.2, 0) is 4.79 Å². The first-order valence-electron chi connectivity index (χ1n) is 8.58. The Labute approximate surface area is 142 Å². The van der Waals surface area contributed by atoms with Gasteiger partial charge >= 0.3 is 0 Å². The van der Waals surface area contributed by atoms with Crippen molar-refractivity contribution in [2.24, 2.45) is 5.73 Å². The number of amides is 2. The molecule has 2 N–H and O–H groups in total. The predicted octanol–water partition coefficient (Wildman–Crippen LogP) is 1.25. The van der Waals surface area contributed by atoms with Crippen molar-refractivity contribution in [3.05, 3.63) is 29.8 Å². The third-order valence-electron chi connectivity index (χ3n) is 5.14. The number of nitrogens with zero attached hydrogens (tertiary/aromatic N) is 2. The van der Waals surface area contributed by atoms with E-state index in [4.69, 9.17) is 10.5 Å². The van der Waals surface area contributed by atoms with Crippen LogP contribution in [-0.4, -0.2) is 60.4 Å². The van der Waals surface area contributed by atoms with Crippen LogP contribution in [0.2, 0.25) is 0 Å². The molecule has 2 fully saturated rings. The van der Waals surface area contributed by atoms with Gasteiger partial charge < -0.3 is 20.3 Å². The zero-order valence-electron chi connectivity index (χ0n) is 14.1. The van der Waals surface area contributed by atoms with E-state index < -0.39 is 5.91 Å². The third kappa shape index (κ3) is 3.53. The Balaban J connectivity index is 1.57. The summed E-state index contributed by atoms with van der Waals surface area (Å²) < 4.78 is 5.60. The Bertz CT molecular complexity index is 602. The van der Waals surface area contributed by atoms with Crippen LogP contribution in [0, 0.1) is 0 Å². The lowest BCUT2D eigenvalue weighted by atomic mass is 10.0. The predicted molar refractivity (Wildman–Crippen MR) is 90.8 cm³/mol. The van der Waals surface area contributed by atoms with Crippen molar-refractivity contribution in [1.82, 2.24) is 9.80 Å². The SMILES string of the molecule is CN1CCC[C@@H]1[C@H]1CCCN1C(=O)COc1ccc(C(N)=O)cc1. The number of benzene rings is 1. The highest BCUT2D eigenvalue weighted by molar-refractivity contribution is 5.92. The van der Waals surface area contributed by atoms with Gasteiger partial charge in [0.05, 0.1) is 0 Å². The van der Waals surface area contributed by atoms with Gasteiger partial charge in [0.2, 0.25) is 5.91 Å². The molecule has 2 amide bonds. The van der Waals surface area contributed by atoms with E-state index in [2.05, 4.69) is 11.9 Å². The van der Waals surface area contributed by atoms with Crippen LogP contribution in [0.5, 0.6) is 5.75 Å². The van der Waals surface area contributed by atoms with E-state index in [1.54, 1.807) is 24.3 Å². The number of rotatable bonds is 5. The molecule has 1 aromatic rings. The van der Waals surface area contributed by atoms with Gasteiger partial charge in [-0.15, -0.1) is 0 Å². The lowest BCUT2D eigenvalue weighted by Gasteiger charge is -2.33.